The molecule has 17 heavy (non-hydrogen) atoms. The molecule has 1 heterocycles. The molecule has 1 nitrogen and oxygen atoms in total. The highest BCUT2D eigenvalue weighted by molar-refractivity contribution is 7.99. The van der Waals surface area contributed by atoms with Gasteiger partial charge in [-0.15, -0.1) is 11.3 Å². The number of halogens is 1. The Hall–Kier alpha value is -0.220. The van der Waals surface area contributed by atoms with Crippen molar-refractivity contribution in [2.45, 2.75) is 24.3 Å². The number of benzene rings is 1. The van der Waals surface area contributed by atoms with Gasteiger partial charge in [0.2, 0.25) is 0 Å². The molecular formula is C13H15ClOS2. The van der Waals surface area contributed by atoms with E-state index in [1.807, 2.05) is 23.9 Å². The molecule has 0 saturated carbocycles. The summed E-state index contributed by atoms with van der Waals surface area (Å²) < 4.78 is 1.25. The highest BCUT2D eigenvalue weighted by atomic mass is 35.5. The summed E-state index contributed by atoms with van der Waals surface area (Å²) in [6.45, 7) is 2.40. The monoisotopic (exact) mass is 286 g/mol. The van der Waals surface area contributed by atoms with E-state index in [2.05, 4.69) is 19.1 Å². The largest absolute Gasteiger partial charge is 0.396 e. The van der Waals surface area contributed by atoms with E-state index in [-0.39, 0.29) is 6.61 Å². The topological polar surface area (TPSA) is 20.2 Å². The van der Waals surface area contributed by atoms with Gasteiger partial charge in [0.25, 0.3) is 0 Å². The van der Waals surface area contributed by atoms with Gasteiger partial charge in [0.15, 0.2) is 0 Å². The van der Waals surface area contributed by atoms with E-state index in [4.69, 9.17) is 16.7 Å². The summed E-state index contributed by atoms with van der Waals surface area (Å²) in [6, 6.07) is 8.24. The van der Waals surface area contributed by atoms with Crippen LogP contribution in [0.5, 0.6) is 0 Å². The summed E-state index contributed by atoms with van der Waals surface area (Å²) in [6.07, 6.45) is 0.840. The molecule has 2 aromatic rings. The van der Waals surface area contributed by atoms with Gasteiger partial charge in [-0.05, 0) is 12.5 Å². The van der Waals surface area contributed by atoms with Crippen molar-refractivity contribution in [3.63, 3.8) is 0 Å². The summed E-state index contributed by atoms with van der Waals surface area (Å²) in [7, 11) is 0. The maximum Gasteiger partial charge on any atom is 0.0632 e. The molecule has 1 aromatic heterocycles. The second-order valence-electron chi connectivity index (χ2n) is 3.97. The molecule has 0 radical (unpaired) electrons. The normalized spacial score (nSPS) is 13.1. The lowest BCUT2D eigenvalue weighted by molar-refractivity contribution is 0.289. The Morgan fingerprint density at radius 1 is 1.41 bits per heavy atom. The number of hydrogen-bond donors (Lipinski definition) is 1. The zero-order valence-electron chi connectivity index (χ0n) is 9.65. The van der Waals surface area contributed by atoms with E-state index in [1.54, 1.807) is 11.3 Å². The van der Waals surface area contributed by atoms with Crippen molar-refractivity contribution in [2.24, 2.45) is 0 Å². The molecule has 0 fully saturated rings. The Balaban J connectivity index is 2.11. The summed E-state index contributed by atoms with van der Waals surface area (Å²) in [5, 5.41) is 11.4. The van der Waals surface area contributed by atoms with Crippen molar-refractivity contribution in [1.29, 1.82) is 0 Å². The smallest absolute Gasteiger partial charge is 0.0632 e. The molecule has 1 aromatic carbocycles. The number of thioether (sulfide) groups is 1. The zero-order chi connectivity index (χ0) is 12.3. The molecule has 0 aliphatic rings. The van der Waals surface area contributed by atoms with E-state index in [0.717, 1.165) is 22.6 Å². The van der Waals surface area contributed by atoms with Crippen LogP contribution in [0, 0.1) is 0 Å². The van der Waals surface area contributed by atoms with Crippen LogP contribution < -0.4 is 0 Å². The Kier molecular flexibility index (Phi) is 4.74. The Morgan fingerprint density at radius 2 is 2.18 bits per heavy atom. The quantitative estimate of drug-likeness (QED) is 0.869. The van der Waals surface area contributed by atoms with Crippen LogP contribution in [0.1, 0.15) is 18.2 Å². The molecule has 2 rings (SSSR count). The SMILES string of the molecule is CC(CCO)SCc1sc2ccccc2c1Cl. The number of fused-ring (bicyclic) bond motifs is 1. The van der Waals surface area contributed by atoms with Crippen molar-refractivity contribution >= 4 is 44.8 Å². The number of thiophene rings is 1. The highest BCUT2D eigenvalue weighted by Gasteiger charge is 2.11. The average Bonchev–Trinajstić information content (AvgIpc) is 2.65. The summed E-state index contributed by atoms with van der Waals surface area (Å²) in [5.41, 5.74) is 0. The van der Waals surface area contributed by atoms with Crippen LogP contribution in [0.15, 0.2) is 24.3 Å². The van der Waals surface area contributed by atoms with Gasteiger partial charge in [0.05, 0.1) is 5.02 Å². The van der Waals surface area contributed by atoms with E-state index in [0.29, 0.717) is 5.25 Å². The fourth-order valence-electron chi connectivity index (χ4n) is 1.64. The van der Waals surface area contributed by atoms with E-state index < -0.39 is 0 Å². The Bertz CT molecular complexity index is 495. The molecular weight excluding hydrogens is 272 g/mol. The first-order valence-electron chi connectivity index (χ1n) is 5.60. The minimum absolute atomic E-state index is 0.258. The van der Waals surface area contributed by atoms with Crippen LogP contribution in [0.3, 0.4) is 0 Å². The molecule has 4 heteroatoms. The zero-order valence-corrected chi connectivity index (χ0v) is 12.0. The number of aliphatic hydroxyl groups is 1. The van der Waals surface area contributed by atoms with Crippen LogP contribution in [-0.4, -0.2) is 17.0 Å². The van der Waals surface area contributed by atoms with Gasteiger partial charge in [-0.2, -0.15) is 11.8 Å². The standard InChI is InChI=1S/C13H15ClOS2/c1-9(6-7-15)16-8-12-13(14)10-4-2-3-5-11(10)17-12/h2-5,9,15H,6-8H2,1H3. The lowest BCUT2D eigenvalue weighted by atomic mass is 10.2. The fourth-order valence-corrected chi connectivity index (χ4v) is 4.31. The lowest BCUT2D eigenvalue weighted by Gasteiger charge is -2.07. The van der Waals surface area contributed by atoms with Crippen molar-refractivity contribution in [3.8, 4) is 0 Å². The molecule has 1 atom stereocenters. The van der Waals surface area contributed by atoms with Crippen LogP contribution in [0.25, 0.3) is 10.1 Å². The van der Waals surface area contributed by atoms with E-state index in [9.17, 15) is 0 Å². The third kappa shape index (κ3) is 3.16. The first kappa shape index (κ1) is 13.2. The molecule has 0 aliphatic carbocycles. The molecule has 0 bridgehead atoms. The van der Waals surface area contributed by atoms with Crippen LogP contribution >= 0.6 is 34.7 Å². The van der Waals surface area contributed by atoms with Crippen LogP contribution in [0.4, 0.5) is 0 Å². The molecule has 0 aliphatic heterocycles. The van der Waals surface area contributed by atoms with E-state index >= 15 is 0 Å². The van der Waals surface area contributed by atoms with Crippen LogP contribution in [0.2, 0.25) is 5.02 Å². The van der Waals surface area contributed by atoms with Gasteiger partial charge in [0, 0.05) is 32.6 Å². The van der Waals surface area contributed by atoms with Gasteiger partial charge in [0.1, 0.15) is 0 Å². The Labute approximate surface area is 115 Å². The second kappa shape index (κ2) is 6.10. The number of rotatable bonds is 5. The van der Waals surface area contributed by atoms with Crippen molar-refractivity contribution in [2.75, 3.05) is 6.61 Å². The third-order valence-electron chi connectivity index (χ3n) is 2.64. The molecule has 0 spiro atoms. The molecule has 0 saturated heterocycles. The van der Waals surface area contributed by atoms with Crippen molar-refractivity contribution in [1.82, 2.24) is 0 Å². The minimum atomic E-state index is 0.258. The summed E-state index contributed by atoms with van der Waals surface area (Å²) in [4.78, 5) is 1.24. The molecule has 92 valence electrons. The van der Waals surface area contributed by atoms with Crippen molar-refractivity contribution < 1.29 is 5.11 Å². The molecule has 1 unspecified atom stereocenters. The molecule has 0 amide bonds. The highest BCUT2D eigenvalue weighted by Crippen LogP contribution is 2.37. The lowest BCUT2D eigenvalue weighted by Crippen LogP contribution is -1.99. The maximum absolute atomic E-state index is 8.87. The van der Waals surface area contributed by atoms with Gasteiger partial charge in [-0.1, -0.05) is 36.7 Å². The van der Waals surface area contributed by atoms with Crippen LogP contribution in [-0.2, 0) is 5.75 Å². The van der Waals surface area contributed by atoms with Gasteiger partial charge < -0.3 is 5.11 Å². The third-order valence-corrected chi connectivity index (χ3v) is 5.79. The van der Waals surface area contributed by atoms with Crippen molar-refractivity contribution in [3.05, 3.63) is 34.2 Å². The van der Waals surface area contributed by atoms with Gasteiger partial charge >= 0.3 is 0 Å². The average molecular weight is 287 g/mol. The number of hydrogen-bond acceptors (Lipinski definition) is 3. The molecule has 1 N–H and O–H groups in total. The van der Waals surface area contributed by atoms with Gasteiger partial charge in [-0.3, -0.25) is 0 Å². The Morgan fingerprint density at radius 3 is 2.88 bits per heavy atom. The predicted octanol–water partition coefficient (Wildman–Crippen LogP) is 4.56. The second-order valence-corrected chi connectivity index (χ2v) is 6.91. The summed E-state index contributed by atoms with van der Waals surface area (Å²) >= 11 is 9.98. The maximum atomic E-state index is 8.87. The minimum Gasteiger partial charge on any atom is -0.396 e. The van der Waals surface area contributed by atoms with E-state index in [1.165, 1.54) is 9.58 Å². The first-order chi connectivity index (χ1) is 8.22. The fraction of sp³-hybridized carbons (Fsp3) is 0.385. The van der Waals surface area contributed by atoms with Gasteiger partial charge in [-0.25, -0.2) is 0 Å². The first-order valence-corrected chi connectivity index (χ1v) is 7.85. The predicted molar refractivity (Wildman–Crippen MR) is 79.3 cm³/mol. The summed E-state index contributed by atoms with van der Waals surface area (Å²) in [5.74, 6) is 0.930. The number of aliphatic hydroxyl groups excluding tert-OH is 1.